The standard InChI is InChI=1S/C29H31N3O3S/c1-20-11-13-21(14-12-20)27(34)26-23-9-5-6-10-24(23)36-28(26)30-25(33)19-31-15-17-32(18-16-31)29(35)22-7-3-2-4-8-22/h2-4,7-8,11-14H,5-6,9-10,15-19H2,1H3,(H,30,33)/p+1. The van der Waals surface area contributed by atoms with E-state index in [-0.39, 0.29) is 17.6 Å². The highest BCUT2D eigenvalue weighted by molar-refractivity contribution is 7.17. The topological polar surface area (TPSA) is 70.9 Å². The third-order valence-corrected chi connectivity index (χ3v) is 8.36. The highest BCUT2D eigenvalue weighted by Gasteiger charge is 2.29. The zero-order valence-electron chi connectivity index (χ0n) is 20.6. The van der Waals surface area contributed by atoms with Crippen LogP contribution in [0.2, 0.25) is 0 Å². The molecule has 1 aromatic heterocycles. The Balaban J connectivity index is 1.25. The third kappa shape index (κ3) is 5.27. The summed E-state index contributed by atoms with van der Waals surface area (Å²) in [4.78, 5) is 43.5. The number of carbonyl (C=O) groups is 3. The maximum absolute atomic E-state index is 13.5. The summed E-state index contributed by atoms with van der Waals surface area (Å²) in [6, 6.07) is 17.0. The van der Waals surface area contributed by atoms with Crippen LogP contribution in [0.4, 0.5) is 5.00 Å². The van der Waals surface area contributed by atoms with Gasteiger partial charge in [0.05, 0.1) is 31.7 Å². The maximum Gasteiger partial charge on any atom is 0.280 e. The largest absolute Gasteiger partial charge is 0.327 e. The Morgan fingerprint density at radius 3 is 2.33 bits per heavy atom. The van der Waals surface area contributed by atoms with Crippen molar-refractivity contribution >= 4 is 33.9 Å². The summed E-state index contributed by atoms with van der Waals surface area (Å²) in [6.07, 6.45) is 4.04. The number of thiophene rings is 1. The number of fused-ring (bicyclic) bond motifs is 1. The molecule has 2 aliphatic rings. The SMILES string of the molecule is Cc1ccc(C(=O)c2c(NC(=O)C[NH+]3CCN(C(=O)c4ccccc4)CC3)sc3c2CCCC3)cc1. The number of benzene rings is 2. The Hall–Kier alpha value is -3.29. The summed E-state index contributed by atoms with van der Waals surface area (Å²) < 4.78 is 0. The molecule has 1 aliphatic carbocycles. The number of hydrogen-bond donors (Lipinski definition) is 2. The van der Waals surface area contributed by atoms with Crippen LogP contribution in [0.15, 0.2) is 54.6 Å². The lowest BCUT2D eigenvalue weighted by Gasteiger charge is -2.31. The van der Waals surface area contributed by atoms with Gasteiger partial charge in [0.1, 0.15) is 5.00 Å². The van der Waals surface area contributed by atoms with Gasteiger partial charge < -0.3 is 15.1 Å². The van der Waals surface area contributed by atoms with Crippen molar-refractivity contribution in [1.82, 2.24) is 4.90 Å². The van der Waals surface area contributed by atoms with Gasteiger partial charge in [0.25, 0.3) is 11.8 Å². The third-order valence-electron chi connectivity index (χ3n) is 7.15. The number of ketones is 1. The number of aryl methyl sites for hydroxylation is 2. The number of piperazine rings is 1. The van der Waals surface area contributed by atoms with Gasteiger partial charge in [-0.15, -0.1) is 11.3 Å². The van der Waals surface area contributed by atoms with Gasteiger partial charge in [-0.25, -0.2) is 0 Å². The van der Waals surface area contributed by atoms with Crippen LogP contribution in [0, 0.1) is 6.92 Å². The molecule has 0 atom stereocenters. The van der Waals surface area contributed by atoms with Gasteiger partial charge in [-0.2, -0.15) is 0 Å². The number of nitrogens with one attached hydrogen (secondary N) is 2. The summed E-state index contributed by atoms with van der Waals surface area (Å²) in [5.74, 6) is -0.0444. The number of hydrogen-bond acceptors (Lipinski definition) is 4. The minimum Gasteiger partial charge on any atom is -0.327 e. The van der Waals surface area contributed by atoms with Gasteiger partial charge in [0.2, 0.25) is 0 Å². The lowest BCUT2D eigenvalue weighted by molar-refractivity contribution is -0.895. The van der Waals surface area contributed by atoms with E-state index in [0.717, 1.165) is 54.8 Å². The molecular weight excluding hydrogens is 470 g/mol. The molecule has 36 heavy (non-hydrogen) atoms. The average Bonchev–Trinajstić information content (AvgIpc) is 3.26. The fraction of sp³-hybridized carbons (Fsp3) is 0.345. The van der Waals surface area contributed by atoms with Crippen molar-refractivity contribution in [2.45, 2.75) is 32.6 Å². The highest BCUT2D eigenvalue weighted by atomic mass is 32.1. The van der Waals surface area contributed by atoms with E-state index in [2.05, 4.69) is 5.32 Å². The van der Waals surface area contributed by atoms with Crippen LogP contribution in [0.5, 0.6) is 0 Å². The number of quaternary nitrogens is 1. The first-order valence-electron chi connectivity index (χ1n) is 12.7. The second-order valence-electron chi connectivity index (χ2n) is 9.74. The van der Waals surface area contributed by atoms with E-state index in [1.807, 2.05) is 66.4 Å². The second kappa shape index (κ2) is 10.8. The molecule has 2 heterocycles. The normalized spacial score (nSPS) is 15.9. The summed E-state index contributed by atoms with van der Waals surface area (Å²) in [5.41, 5.74) is 4.27. The molecule has 2 aromatic carbocycles. The van der Waals surface area contributed by atoms with E-state index < -0.39 is 0 Å². The minimum absolute atomic E-state index is 0.00918. The Bertz CT molecular complexity index is 1260. The molecule has 6 nitrogen and oxygen atoms in total. The molecule has 0 radical (unpaired) electrons. The van der Waals surface area contributed by atoms with Crippen molar-refractivity contribution in [2.24, 2.45) is 0 Å². The Morgan fingerprint density at radius 1 is 0.917 bits per heavy atom. The zero-order valence-corrected chi connectivity index (χ0v) is 21.5. The van der Waals surface area contributed by atoms with Crippen molar-refractivity contribution in [3.8, 4) is 0 Å². The smallest absolute Gasteiger partial charge is 0.280 e. The summed E-state index contributed by atoms with van der Waals surface area (Å²) in [5, 5.41) is 3.78. The summed E-state index contributed by atoms with van der Waals surface area (Å²) >= 11 is 1.57. The maximum atomic E-state index is 13.5. The number of nitrogens with zero attached hydrogens (tertiary/aromatic N) is 1. The molecular formula is C29H32N3O3S+. The van der Waals surface area contributed by atoms with Crippen molar-refractivity contribution in [2.75, 3.05) is 38.0 Å². The van der Waals surface area contributed by atoms with Crippen LogP contribution in [0.3, 0.4) is 0 Å². The van der Waals surface area contributed by atoms with Gasteiger partial charge in [0.15, 0.2) is 12.3 Å². The van der Waals surface area contributed by atoms with Crippen LogP contribution in [-0.4, -0.2) is 55.2 Å². The van der Waals surface area contributed by atoms with Crippen LogP contribution >= 0.6 is 11.3 Å². The van der Waals surface area contributed by atoms with Gasteiger partial charge in [-0.05, 0) is 50.3 Å². The predicted molar refractivity (Wildman–Crippen MR) is 142 cm³/mol. The first-order valence-corrected chi connectivity index (χ1v) is 13.5. The quantitative estimate of drug-likeness (QED) is 0.509. The first kappa shape index (κ1) is 24.4. The Kier molecular flexibility index (Phi) is 7.30. The number of carbonyl (C=O) groups excluding carboxylic acids is 3. The van der Waals surface area contributed by atoms with Crippen LogP contribution < -0.4 is 10.2 Å². The van der Waals surface area contributed by atoms with Crippen molar-refractivity contribution < 1.29 is 19.3 Å². The Morgan fingerprint density at radius 2 is 1.61 bits per heavy atom. The van der Waals surface area contributed by atoms with E-state index in [9.17, 15) is 14.4 Å². The van der Waals surface area contributed by atoms with E-state index in [0.29, 0.717) is 41.3 Å². The molecule has 3 aromatic rings. The molecule has 1 aliphatic heterocycles. The van der Waals surface area contributed by atoms with Crippen LogP contribution in [0.1, 0.15) is 55.1 Å². The molecule has 0 unspecified atom stereocenters. The van der Waals surface area contributed by atoms with Gasteiger partial charge in [-0.1, -0.05) is 48.0 Å². The lowest BCUT2D eigenvalue weighted by atomic mass is 9.91. The molecule has 0 bridgehead atoms. The molecule has 1 fully saturated rings. The average molecular weight is 503 g/mol. The monoisotopic (exact) mass is 502 g/mol. The fourth-order valence-corrected chi connectivity index (χ4v) is 6.41. The minimum atomic E-state index is -0.0793. The van der Waals surface area contributed by atoms with E-state index in [1.54, 1.807) is 11.3 Å². The lowest BCUT2D eigenvalue weighted by Crippen LogP contribution is -3.15. The molecule has 5 rings (SSSR count). The second-order valence-corrected chi connectivity index (χ2v) is 10.8. The molecule has 2 amide bonds. The van der Waals surface area contributed by atoms with Crippen LogP contribution in [-0.2, 0) is 17.6 Å². The molecule has 2 N–H and O–H groups in total. The molecule has 7 heteroatoms. The Labute approximate surface area is 215 Å². The molecule has 1 saturated heterocycles. The molecule has 0 saturated carbocycles. The summed E-state index contributed by atoms with van der Waals surface area (Å²) in [6.45, 7) is 5.03. The van der Waals surface area contributed by atoms with E-state index >= 15 is 0 Å². The molecule has 186 valence electrons. The van der Waals surface area contributed by atoms with Crippen LogP contribution in [0.25, 0.3) is 0 Å². The van der Waals surface area contributed by atoms with E-state index in [1.165, 1.54) is 4.88 Å². The molecule has 0 spiro atoms. The fourth-order valence-electron chi connectivity index (χ4n) is 5.11. The number of amides is 2. The first-order chi connectivity index (χ1) is 17.5. The predicted octanol–water partition coefficient (Wildman–Crippen LogP) is 3.15. The summed E-state index contributed by atoms with van der Waals surface area (Å²) in [7, 11) is 0. The number of anilines is 1. The zero-order chi connectivity index (χ0) is 25.1. The highest BCUT2D eigenvalue weighted by Crippen LogP contribution is 2.39. The van der Waals surface area contributed by atoms with Gasteiger partial charge >= 0.3 is 0 Å². The van der Waals surface area contributed by atoms with Crippen molar-refractivity contribution in [1.29, 1.82) is 0 Å². The van der Waals surface area contributed by atoms with Crippen molar-refractivity contribution in [3.05, 3.63) is 87.3 Å². The van der Waals surface area contributed by atoms with Crippen molar-refractivity contribution in [3.63, 3.8) is 0 Å². The van der Waals surface area contributed by atoms with Gasteiger partial charge in [-0.3, -0.25) is 14.4 Å². The van der Waals surface area contributed by atoms with Gasteiger partial charge in [0, 0.05) is 16.0 Å². The number of rotatable bonds is 6. The van der Waals surface area contributed by atoms with E-state index in [4.69, 9.17) is 0 Å².